The standard InChI is InChI=1S/5C22H32O4/c1-2-20-21(26-20)17-13-9-5-3-7-11-15-19(23)16-12-8-4-6-10-14-18-22(24)25;1-2-20-21(26-20)17-13-10-12-16-19(23)15-11-8-6-4-3-5-7-9-14-18-22(24)25;1-2-20-21(26-20)17-13-9-7-5-3-4-6-8-11-15-19(23)16-12-10-14-18-22(24)25;1-2-20-21(26-20)17-14-13-16-19(23)15-11-9-7-5-3-4-6-8-10-12-18-22(24)25;1-2-20-21(26-20)18-19(23)16-14-12-10-8-6-4-3-5-7-9-11-13-15-17-22(24)25/h3,6-13,15,19-21,23H,2,4-5,14,16-18H2,1H3,(H,24,25);3-4,7-13,16,19-21,23H,2,5-6,14-15,17-18H2,1H3,(H,24,25);3,5-6,8-13,15,19-21,23H,2,4,7,14,16-18H2,1H3,(H,24,25);3-4,7-11,13-15,19-21,23H,2,5-6,12,16-18H2,1H3,(H,24,25);4-7,10-14,16,19-21,23H,2-3,8-9,15,17-18H2,1H3,(H,24,25)/b7-3-,10-6-,12-8-,13-9-,15-11-;4-3-,9-7-,11-8-,13-10-,16-12+;5-3-,8-6-,12-10-,13-9-,15-11+;4-3-,9-7-,10-8-,14-13-,15-11-;6-4-,7-5-,12-10-,13-11-,16-14+. The molecule has 0 aromatic heterocycles. The summed E-state index contributed by atoms with van der Waals surface area (Å²) in [7, 11) is 0. The van der Waals surface area contributed by atoms with E-state index in [-0.39, 0.29) is 38.2 Å². The Morgan fingerprint density at radius 3 is 0.631 bits per heavy atom. The summed E-state index contributed by atoms with van der Waals surface area (Å²) in [5.41, 5.74) is 0. The highest BCUT2D eigenvalue weighted by molar-refractivity contribution is 5.68. The van der Waals surface area contributed by atoms with E-state index in [4.69, 9.17) is 49.2 Å². The first-order valence-electron chi connectivity index (χ1n) is 47.3. The number of carbonyl (C=O) groups is 5. The first kappa shape index (κ1) is 118. The molecule has 0 aromatic carbocycles. The van der Waals surface area contributed by atoms with Gasteiger partial charge in [0.1, 0.15) is 0 Å². The zero-order valence-corrected chi connectivity index (χ0v) is 78.3. The second-order valence-electron chi connectivity index (χ2n) is 31.5. The molecule has 15 unspecified atom stereocenters. The lowest BCUT2D eigenvalue weighted by molar-refractivity contribution is -0.137. The van der Waals surface area contributed by atoms with Crippen LogP contribution in [0.4, 0.5) is 0 Å². The predicted octanol–water partition coefficient (Wildman–Crippen LogP) is 23.7. The average Bonchev–Trinajstić information content (AvgIpc) is 1.58. The SMILES string of the molecule is CCC1OC1C/C=C\C/C=C\C/C=C\C=C\C(O)C/C=C\CCC(=O)O.CCC1OC1C/C=C\C/C=C\C=C/C(O)C/C=C\C/C=C\CCC(=O)O.CCC1OC1C/C=C\C=C\C(O)C/C=C\C/C=C\C/C=C\CCC(=O)O.CCC1OC1C/C=C\CC(O)/C=C\C=C/C/C=C\C/C=C\CCC(=O)O.CCC1OC1CC(O)/C=C/C=C\C/C=C\C/C=C\C/C=C\CCC(=O)O. The third kappa shape index (κ3) is 82.8. The van der Waals surface area contributed by atoms with Gasteiger partial charge in [0.15, 0.2) is 0 Å². The Kier molecular flexibility index (Phi) is 77.4. The molecule has 0 amide bonds. The number of aliphatic hydroxyl groups is 5. The predicted molar refractivity (Wildman–Crippen MR) is 530 cm³/mol. The molecule has 0 bridgehead atoms. The normalized spacial score (nSPS) is 21.8. The zero-order chi connectivity index (χ0) is 95.2. The average molecular weight is 1800 g/mol. The number of hydrogen-bond acceptors (Lipinski definition) is 15. The maximum Gasteiger partial charge on any atom is 0.303 e. The Hall–Kier alpha value is -9.55. The van der Waals surface area contributed by atoms with Crippen LogP contribution in [0.25, 0.3) is 0 Å². The smallest absolute Gasteiger partial charge is 0.303 e. The molecule has 720 valence electrons. The van der Waals surface area contributed by atoms with Crippen LogP contribution in [-0.4, -0.2) is 172 Å². The second-order valence-corrected chi connectivity index (χ2v) is 31.5. The van der Waals surface area contributed by atoms with E-state index in [1.165, 1.54) is 0 Å². The minimum atomic E-state index is -0.803. The summed E-state index contributed by atoms with van der Waals surface area (Å²) in [5, 5.41) is 91.6. The minimum absolute atomic E-state index is 0.128. The van der Waals surface area contributed by atoms with Gasteiger partial charge in [0.25, 0.3) is 0 Å². The highest BCUT2D eigenvalue weighted by Crippen LogP contribution is 2.32. The summed E-state index contributed by atoms with van der Waals surface area (Å²) in [6, 6.07) is 0. The van der Waals surface area contributed by atoms with Gasteiger partial charge in [-0.2, -0.15) is 0 Å². The molecule has 5 heterocycles. The molecule has 130 heavy (non-hydrogen) atoms. The summed E-state index contributed by atoms with van der Waals surface area (Å²) >= 11 is 0. The fourth-order valence-electron chi connectivity index (χ4n) is 12.1. The van der Waals surface area contributed by atoms with Crippen LogP contribution < -0.4 is 0 Å². The van der Waals surface area contributed by atoms with Crippen molar-refractivity contribution in [2.75, 3.05) is 0 Å². The van der Waals surface area contributed by atoms with E-state index in [1.807, 2.05) is 158 Å². The third-order valence-electron chi connectivity index (χ3n) is 19.9. The van der Waals surface area contributed by atoms with Gasteiger partial charge in [0.05, 0.1) is 91.6 Å². The lowest BCUT2D eigenvalue weighted by Crippen LogP contribution is -2.07. The van der Waals surface area contributed by atoms with Crippen LogP contribution in [-0.2, 0) is 47.7 Å². The minimum Gasteiger partial charge on any atom is -0.481 e. The number of carboxylic acid groups (broad SMARTS) is 5. The van der Waals surface area contributed by atoms with Crippen molar-refractivity contribution in [3.8, 4) is 0 Å². The molecule has 0 aromatic rings. The van der Waals surface area contributed by atoms with Gasteiger partial charge >= 0.3 is 29.8 Å². The topological polar surface area (TPSA) is 350 Å². The van der Waals surface area contributed by atoms with Crippen LogP contribution in [0, 0.1) is 0 Å². The maximum absolute atomic E-state index is 10.3. The van der Waals surface area contributed by atoms with Gasteiger partial charge in [-0.3, -0.25) is 24.0 Å². The van der Waals surface area contributed by atoms with Crippen LogP contribution in [0.3, 0.4) is 0 Å². The highest BCUT2D eigenvalue weighted by Gasteiger charge is 2.39. The monoisotopic (exact) mass is 1800 g/mol. The lowest BCUT2D eigenvalue weighted by Gasteiger charge is -2.00. The second kappa shape index (κ2) is 85.0. The van der Waals surface area contributed by atoms with E-state index >= 15 is 0 Å². The Morgan fingerprint density at radius 1 is 0.208 bits per heavy atom. The largest absolute Gasteiger partial charge is 0.481 e. The summed E-state index contributed by atoms with van der Waals surface area (Å²) in [6.45, 7) is 10.7. The van der Waals surface area contributed by atoms with Crippen molar-refractivity contribution in [3.05, 3.63) is 304 Å². The summed E-state index contributed by atoms with van der Waals surface area (Å²) in [5.74, 6) is -3.86. The summed E-state index contributed by atoms with van der Waals surface area (Å²) in [6.07, 6.45) is 126. The van der Waals surface area contributed by atoms with Gasteiger partial charge in [-0.05, 0) is 186 Å². The zero-order valence-electron chi connectivity index (χ0n) is 78.3. The number of carboxylic acids is 5. The third-order valence-corrected chi connectivity index (χ3v) is 19.9. The van der Waals surface area contributed by atoms with Gasteiger partial charge in [0, 0.05) is 38.5 Å². The van der Waals surface area contributed by atoms with Crippen LogP contribution in [0.15, 0.2) is 304 Å². The van der Waals surface area contributed by atoms with Crippen molar-refractivity contribution in [3.63, 3.8) is 0 Å². The van der Waals surface area contributed by atoms with Gasteiger partial charge in [-0.1, -0.05) is 338 Å². The van der Waals surface area contributed by atoms with Gasteiger partial charge in [-0.15, -0.1) is 0 Å². The summed E-state index contributed by atoms with van der Waals surface area (Å²) in [4.78, 5) is 51.7. The van der Waals surface area contributed by atoms with Gasteiger partial charge in [0.2, 0.25) is 0 Å². The maximum atomic E-state index is 10.3. The Morgan fingerprint density at radius 2 is 0.385 bits per heavy atom. The number of allylic oxidation sites excluding steroid dienone is 37. The van der Waals surface area contributed by atoms with Crippen molar-refractivity contribution >= 4 is 29.8 Å². The first-order chi connectivity index (χ1) is 63.2. The van der Waals surface area contributed by atoms with Gasteiger partial charge < -0.3 is 74.7 Å². The number of aliphatic hydroxyl groups excluding tert-OH is 5. The van der Waals surface area contributed by atoms with Crippen LogP contribution in [0.1, 0.15) is 259 Å². The van der Waals surface area contributed by atoms with Crippen molar-refractivity contribution in [1.82, 2.24) is 0 Å². The Bertz CT molecular complexity index is 3760. The van der Waals surface area contributed by atoms with Crippen molar-refractivity contribution in [1.29, 1.82) is 0 Å². The quantitative estimate of drug-likeness (QED) is 0.0154. The molecule has 5 aliphatic heterocycles. The number of ether oxygens (including phenoxy) is 5. The molecule has 0 aliphatic carbocycles. The number of aliphatic carboxylic acids is 5. The fraction of sp³-hybridized carbons (Fsp3) is 0.500. The van der Waals surface area contributed by atoms with Crippen molar-refractivity contribution < 1.29 is 98.7 Å². The summed E-state index contributed by atoms with van der Waals surface area (Å²) < 4.78 is 27.3. The fourth-order valence-corrected chi connectivity index (χ4v) is 12.1. The molecule has 20 nitrogen and oxygen atoms in total. The Labute approximate surface area is 779 Å². The van der Waals surface area contributed by atoms with E-state index in [0.29, 0.717) is 119 Å². The number of epoxide rings is 5. The Balaban J connectivity index is 0.000000812. The first-order valence-corrected chi connectivity index (χ1v) is 47.3. The molecular formula is C110H160O20. The van der Waals surface area contributed by atoms with E-state index in [9.17, 15) is 49.5 Å². The van der Waals surface area contributed by atoms with E-state index < -0.39 is 60.4 Å². The molecule has 15 atom stereocenters. The van der Waals surface area contributed by atoms with Crippen molar-refractivity contribution in [2.24, 2.45) is 0 Å². The lowest BCUT2D eigenvalue weighted by atomic mass is 10.1. The van der Waals surface area contributed by atoms with Crippen LogP contribution in [0.5, 0.6) is 0 Å². The van der Waals surface area contributed by atoms with Gasteiger partial charge in [-0.25, -0.2) is 0 Å². The number of rotatable bonds is 70. The van der Waals surface area contributed by atoms with E-state index in [2.05, 4.69) is 144 Å². The van der Waals surface area contributed by atoms with Crippen LogP contribution >= 0.6 is 0 Å². The molecule has 5 saturated heterocycles. The van der Waals surface area contributed by atoms with E-state index in [0.717, 1.165) is 128 Å². The number of hydrogen-bond donors (Lipinski definition) is 10. The molecule has 5 fully saturated rings. The molecule has 5 rings (SSSR count). The van der Waals surface area contributed by atoms with Crippen molar-refractivity contribution in [2.45, 2.75) is 351 Å². The highest BCUT2D eigenvalue weighted by atomic mass is 16.6. The molecule has 0 radical (unpaired) electrons. The molecule has 20 heteroatoms. The molecule has 10 N–H and O–H groups in total. The molecule has 0 saturated carbocycles. The van der Waals surface area contributed by atoms with E-state index in [1.54, 1.807) is 36.5 Å². The molecular weight excluding hydrogens is 1640 g/mol. The molecule has 0 spiro atoms. The van der Waals surface area contributed by atoms with Crippen LogP contribution in [0.2, 0.25) is 0 Å². The molecule has 5 aliphatic rings.